The van der Waals surface area contributed by atoms with Crippen molar-refractivity contribution in [3.63, 3.8) is 0 Å². The van der Waals surface area contributed by atoms with E-state index in [9.17, 15) is 18.4 Å². The highest BCUT2D eigenvalue weighted by Gasteiger charge is 2.28. The average Bonchev–Trinajstić information content (AvgIpc) is 2.79. The van der Waals surface area contributed by atoms with Crippen LogP contribution in [0, 0.1) is 23.1 Å². The van der Waals surface area contributed by atoms with Crippen LogP contribution in [0.5, 0.6) is 0 Å². The van der Waals surface area contributed by atoms with Crippen molar-refractivity contribution < 1.29 is 18.4 Å². The Labute approximate surface area is 199 Å². The van der Waals surface area contributed by atoms with Gasteiger partial charge in [0.1, 0.15) is 17.7 Å². The molecule has 3 aromatic carbocycles. The lowest BCUT2D eigenvalue weighted by Crippen LogP contribution is -2.47. The summed E-state index contributed by atoms with van der Waals surface area (Å²) in [5.41, 5.74) is 1.04. The minimum atomic E-state index is -1.41. The van der Waals surface area contributed by atoms with E-state index in [1.165, 1.54) is 19.2 Å². The first kappa shape index (κ1) is 24.2. The summed E-state index contributed by atoms with van der Waals surface area (Å²) < 4.78 is 28.3. The lowest BCUT2D eigenvalue weighted by Gasteiger charge is -2.21. The quantitative estimate of drug-likeness (QED) is 0.382. The smallest absolute Gasteiger partial charge is 0.258 e. The van der Waals surface area contributed by atoms with Gasteiger partial charge >= 0.3 is 0 Å². The Balaban J connectivity index is 1.90. The fraction of sp³-hybridized carbons (Fsp3) is 0.125. The predicted octanol–water partition coefficient (Wildman–Crippen LogP) is 5.22. The van der Waals surface area contributed by atoms with Crippen molar-refractivity contribution in [2.24, 2.45) is 0 Å². The van der Waals surface area contributed by atoms with E-state index in [1.807, 2.05) is 0 Å². The van der Waals surface area contributed by atoms with Crippen LogP contribution in [0.15, 0.2) is 60.7 Å². The largest absolute Gasteiger partial charge is 0.340 e. The number of carbonyl (C=O) groups excluding carboxylic acids is 2. The Morgan fingerprint density at radius 1 is 1.03 bits per heavy atom. The van der Waals surface area contributed by atoms with E-state index in [0.717, 1.165) is 12.1 Å². The van der Waals surface area contributed by atoms with E-state index in [0.29, 0.717) is 21.0 Å². The molecule has 0 aliphatic rings. The highest BCUT2D eigenvalue weighted by molar-refractivity contribution is 6.35. The Morgan fingerprint density at radius 3 is 2.30 bits per heavy atom. The van der Waals surface area contributed by atoms with Gasteiger partial charge in [-0.1, -0.05) is 53.5 Å². The van der Waals surface area contributed by atoms with Crippen LogP contribution < -0.4 is 5.32 Å². The van der Waals surface area contributed by atoms with Crippen LogP contribution in [0.3, 0.4) is 0 Å². The third-order valence-electron chi connectivity index (χ3n) is 4.95. The highest BCUT2D eigenvalue weighted by Crippen LogP contribution is 2.31. The molecule has 0 aliphatic carbocycles. The van der Waals surface area contributed by atoms with Crippen LogP contribution in [0.4, 0.5) is 8.78 Å². The SMILES string of the molecule is CN(C#N)C(=O)[C@H](Cc1c(F)cccc1F)NC(=O)c1ccc(-c2ccccc2Cl)cc1Cl. The standard InChI is InChI=1S/C24H17Cl2F2N3O2/c1-31(13-29)24(33)22(12-17-20(27)7-4-8-21(17)28)30-23(32)16-10-9-14(11-19(16)26)15-5-2-3-6-18(15)25/h2-11,22H,12H2,1H3,(H,30,32)/t22-/m0/s1. The van der Waals surface area contributed by atoms with Gasteiger partial charge in [0.2, 0.25) is 0 Å². The van der Waals surface area contributed by atoms with Gasteiger partial charge in [-0.05, 0) is 35.9 Å². The first-order chi connectivity index (χ1) is 15.7. The number of nitrogens with one attached hydrogen (secondary N) is 1. The predicted molar refractivity (Wildman–Crippen MR) is 122 cm³/mol. The minimum absolute atomic E-state index is 0.0406. The summed E-state index contributed by atoms with van der Waals surface area (Å²) >= 11 is 12.5. The van der Waals surface area contributed by atoms with Crippen molar-refractivity contribution in [1.82, 2.24) is 10.2 Å². The second-order valence-corrected chi connectivity index (χ2v) is 7.92. The zero-order valence-corrected chi connectivity index (χ0v) is 18.8. The Morgan fingerprint density at radius 2 is 1.70 bits per heavy atom. The molecule has 0 saturated carbocycles. The van der Waals surface area contributed by atoms with Gasteiger partial charge in [0.05, 0.1) is 10.6 Å². The van der Waals surface area contributed by atoms with Crippen molar-refractivity contribution in [3.8, 4) is 17.3 Å². The van der Waals surface area contributed by atoms with E-state index in [-0.39, 0.29) is 16.1 Å². The van der Waals surface area contributed by atoms with Crippen LogP contribution in [0.25, 0.3) is 11.1 Å². The fourth-order valence-corrected chi connectivity index (χ4v) is 3.72. The lowest BCUT2D eigenvalue weighted by molar-refractivity contribution is -0.129. The summed E-state index contributed by atoms with van der Waals surface area (Å²) in [6.45, 7) is 0. The zero-order chi connectivity index (χ0) is 24.1. The number of likely N-dealkylation sites (N-methyl/N-ethyl adjacent to an activating group) is 1. The number of benzene rings is 3. The van der Waals surface area contributed by atoms with E-state index in [4.69, 9.17) is 28.5 Å². The molecular weight excluding hydrogens is 471 g/mol. The third-order valence-corrected chi connectivity index (χ3v) is 5.59. The van der Waals surface area contributed by atoms with E-state index in [2.05, 4.69) is 5.32 Å². The Bertz CT molecular complexity index is 1240. The van der Waals surface area contributed by atoms with Gasteiger partial charge in [0, 0.05) is 29.6 Å². The maximum absolute atomic E-state index is 14.1. The summed E-state index contributed by atoms with van der Waals surface area (Å²) in [6.07, 6.45) is 1.13. The van der Waals surface area contributed by atoms with E-state index in [1.54, 1.807) is 42.6 Å². The number of hydrogen-bond acceptors (Lipinski definition) is 3. The molecular formula is C24H17Cl2F2N3O2. The third kappa shape index (κ3) is 5.48. The fourth-order valence-electron chi connectivity index (χ4n) is 3.21. The molecule has 2 amide bonds. The van der Waals surface area contributed by atoms with Crippen LogP contribution in [0.2, 0.25) is 10.0 Å². The molecule has 0 aromatic heterocycles. The number of halogens is 4. The molecule has 1 N–H and O–H groups in total. The van der Waals surface area contributed by atoms with Crippen LogP contribution in [0.1, 0.15) is 15.9 Å². The molecule has 9 heteroatoms. The molecule has 0 radical (unpaired) electrons. The van der Waals surface area contributed by atoms with Crippen molar-refractivity contribution in [2.75, 3.05) is 7.05 Å². The van der Waals surface area contributed by atoms with Crippen LogP contribution in [-0.2, 0) is 11.2 Å². The second-order valence-electron chi connectivity index (χ2n) is 7.10. The molecule has 0 saturated heterocycles. The van der Waals surface area contributed by atoms with Gasteiger partial charge in [0.15, 0.2) is 6.19 Å². The van der Waals surface area contributed by atoms with E-state index < -0.39 is 35.9 Å². The minimum Gasteiger partial charge on any atom is -0.340 e. The normalized spacial score (nSPS) is 11.4. The molecule has 5 nitrogen and oxygen atoms in total. The summed E-state index contributed by atoms with van der Waals surface area (Å²) in [5.74, 6) is -3.32. The molecule has 0 spiro atoms. The number of carbonyl (C=O) groups is 2. The van der Waals surface area contributed by atoms with Crippen LogP contribution in [-0.4, -0.2) is 29.8 Å². The number of rotatable bonds is 6. The van der Waals surface area contributed by atoms with Crippen molar-refractivity contribution in [1.29, 1.82) is 5.26 Å². The molecule has 1 atom stereocenters. The van der Waals surface area contributed by atoms with E-state index >= 15 is 0 Å². The monoisotopic (exact) mass is 487 g/mol. The van der Waals surface area contributed by atoms with Gasteiger partial charge in [-0.15, -0.1) is 0 Å². The van der Waals surface area contributed by atoms with Crippen molar-refractivity contribution in [2.45, 2.75) is 12.5 Å². The molecule has 3 aromatic rings. The number of amides is 2. The molecule has 0 fully saturated rings. The van der Waals surface area contributed by atoms with Crippen LogP contribution >= 0.6 is 23.2 Å². The Kier molecular flexibility index (Phi) is 7.64. The van der Waals surface area contributed by atoms with Gasteiger partial charge < -0.3 is 5.32 Å². The summed E-state index contributed by atoms with van der Waals surface area (Å²) in [6, 6.07) is 13.6. The molecule has 0 heterocycles. The average molecular weight is 488 g/mol. The number of hydrogen-bond donors (Lipinski definition) is 1. The van der Waals surface area contributed by atoms with Crippen molar-refractivity contribution in [3.05, 3.63) is 93.5 Å². The maximum atomic E-state index is 14.1. The maximum Gasteiger partial charge on any atom is 0.258 e. The molecule has 168 valence electrons. The summed E-state index contributed by atoms with van der Waals surface area (Å²) in [7, 11) is 1.19. The lowest BCUT2D eigenvalue weighted by atomic mass is 10.0. The molecule has 0 bridgehead atoms. The first-order valence-corrected chi connectivity index (χ1v) is 10.4. The summed E-state index contributed by atoms with van der Waals surface area (Å²) in [5, 5.41) is 12.1. The first-order valence-electron chi connectivity index (χ1n) is 9.68. The Hall–Kier alpha value is -3.47. The summed E-state index contributed by atoms with van der Waals surface area (Å²) in [4.78, 5) is 26.2. The molecule has 33 heavy (non-hydrogen) atoms. The molecule has 0 unspecified atom stereocenters. The highest BCUT2D eigenvalue weighted by atomic mass is 35.5. The number of nitriles is 1. The van der Waals surface area contributed by atoms with Gasteiger partial charge in [0.25, 0.3) is 11.8 Å². The molecule has 3 rings (SSSR count). The molecule has 0 aliphatic heterocycles. The van der Waals surface area contributed by atoms with Gasteiger partial charge in [-0.3, -0.25) is 14.5 Å². The topological polar surface area (TPSA) is 73.2 Å². The zero-order valence-electron chi connectivity index (χ0n) is 17.3. The second kappa shape index (κ2) is 10.4. The number of nitrogens with zero attached hydrogens (tertiary/aromatic N) is 2. The van der Waals surface area contributed by atoms with Crippen molar-refractivity contribution >= 4 is 35.0 Å². The van der Waals surface area contributed by atoms with Gasteiger partial charge in [-0.25, -0.2) is 8.78 Å². The van der Waals surface area contributed by atoms with Gasteiger partial charge in [-0.2, -0.15) is 5.26 Å².